The van der Waals surface area contributed by atoms with Gasteiger partial charge in [-0.2, -0.15) is 0 Å². The Bertz CT molecular complexity index is 1250. The van der Waals surface area contributed by atoms with Crippen LogP contribution in [0.4, 0.5) is 5.69 Å². The quantitative estimate of drug-likeness (QED) is 0.575. The van der Waals surface area contributed by atoms with Crippen LogP contribution in [0.25, 0.3) is 11.3 Å². The van der Waals surface area contributed by atoms with Crippen molar-refractivity contribution in [2.75, 3.05) is 17.8 Å². The lowest BCUT2D eigenvalue weighted by Gasteiger charge is -2.49. The van der Waals surface area contributed by atoms with E-state index in [2.05, 4.69) is 21.9 Å². The number of benzene rings is 2. The van der Waals surface area contributed by atoms with E-state index in [9.17, 15) is 13.2 Å². The second kappa shape index (κ2) is 8.68. The summed E-state index contributed by atoms with van der Waals surface area (Å²) in [5.41, 5.74) is 0.945. The van der Waals surface area contributed by atoms with E-state index >= 15 is 0 Å². The molecule has 6 rings (SSSR count). The molecule has 0 spiro atoms. The summed E-state index contributed by atoms with van der Waals surface area (Å²) in [6.45, 7) is 4.36. The number of rotatable bonds is 6. The number of hydrogen-bond acceptors (Lipinski definition) is 5. The van der Waals surface area contributed by atoms with E-state index in [1.165, 1.54) is 12.1 Å². The van der Waals surface area contributed by atoms with Gasteiger partial charge in [0.15, 0.2) is 5.76 Å². The number of nitrogens with one attached hydrogen (secondary N) is 2. The topological polar surface area (TPSA) is 91.7 Å². The molecule has 0 radical (unpaired) electrons. The molecule has 172 valence electrons. The van der Waals surface area contributed by atoms with Crippen molar-refractivity contribution in [3.8, 4) is 11.3 Å². The molecule has 2 bridgehead atoms. The highest BCUT2D eigenvalue weighted by molar-refractivity contribution is 7.92. The van der Waals surface area contributed by atoms with Gasteiger partial charge >= 0.3 is 0 Å². The number of fused-ring (bicyclic) bond motifs is 3. The van der Waals surface area contributed by atoms with Crippen LogP contribution in [-0.2, 0) is 10.0 Å². The molecule has 4 heterocycles. The van der Waals surface area contributed by atoms with Crippen LogP contribution in [0, 0.1) is 5.92 Å². The third kappa shape index (κ3) is 4.28. The zero-order chi connectivity index (χ0) is 23.0. The molecule has 33 heavy (non-hydrogen) atoms. The molecule has 0 unspecified atom stereocenters. The molecule has 7 nitrogen and oxygen atoms in total. The maximum Gasteiger partial charge on any atom is 0.287 e. The van der Waals surface area contributed by atoms with Gasteiger partial charge in [-0.25, -0.2) is 8.42 Å². The average molecular weight is 466 g/mol. The van der Waals surface area contributed by atoms with Crippen LogP contribution in [0.2, 0.25) is 0 Å². The fraction of sp³-hybridized carbons (Fsp3) is 0.320. The molecule has 2 aromatic carbocycles. The highest BCUT2D eigenvalue weighted by Gasteiger charge is 2.40. The van der Waals surface area contributed by atoms with E-state index in [0.29, 0.717) is 29.0 Å². The Balaban J connectivity index is 1.36. The smallest absolute Gasteiger partial charge is 0.287 e. The second-order valence-electron chi connectivity index (χ2n) is 8.74. The lowest BCUT2D eigenvalue weighted by Crippen LogP contribution is -2.62. The van der Waals surface area contributed by atoms with Crippen LogP contribution >= 0.6 is 0 Å². The van der Waals surface area contributed by atoms with Crippen LogP contribution in [-0.4, -0.2) is 44.4 Å². The number of hydrogen-bond donors (Lipinski definition) is 2. The number of piperidine rings is 3. The fourth-order valence-electron chi connectivity index (χ4n) is 4.96. The van der Waals surface area contributed by atoms with Gasteiger partial charge in [0.1, 0.15) is 5.76 Å². The van der Waals surface area contributed by atoms with Gasteiger partial charge < -0.3 is 9.73 Å². The highest BCUT2D eigenvalue weighted by Crippen LogP contribution is 2.33. The summed E-state index contributed by atoms with van der Waals surface area (Å²) in [6, 6.07) is 18.9. The zero-order valence-corrected chi connectivity index (χ0v) is 19.2. The van der Waals surface area contributed by atoms with Crippen molar-refractivity contribution in [2.45, 2.75) is 36.7 Å². The Labute approximate surface area is 193 Å². The Morgan fingerprint density at radius 2 is 1.67 bits per heavy atom. The Morgan fingerprint density at radius 3 is 2.39 bits per heavy atom. The van der Waals surface area contributed by atoms with Gasteiger partial charge in [-0.05, 0) is 75.2 Å². The normalized spacial score (nSPS) is 24.4. The first kappa shape index (κ1) is 21.7. The van der Waals surface area contributed by atoms with E-state index in [0.717, 1.165) is 25.9 Å². The first-order valence-corrected chi connectivity index (χ1v) is 12.7. The first-order valence-electron chi connectivity index (χ1n) is 11.2. The summed E-state index contributed by atoms with van der Waals surface area (Å²) >= 11 is 0. The Morgan fingerprint density at radius 1 is 0.970 bits per heavy atom. The number of carbonyl (C=O) groups is 1. The third-order valence-electron chi connectivity index (χ3n) is 6.80. The molecular weight excluding hydrogens is 438 g/mol. The Hall–Kier alpha value is -3.10. The van der Waals surface area contributed by atoms with Crippen molar-refractivity contribution < 1.29 is 17.6 Å². The molecule has 3 saturated heterocycles. The summed E-state index contributed by atoms with van der Waals surface area (Å²) in [5.74, 6) is 0.897. The minimum Gasteiger partial charge on any atom is -0.451 e. The number of furan rings is 1. The van der Waals surface area contributed by atoms with Crippen LogP contribution in [0.3, 0.4) is 0 Å². The van der Waals surface area contributed by atoms with Gasteiger partial charge in [0.2, 0.25) is 0 Å². The number of anilines is 1. The maximum absolute atomic E-state index is 12.9. The van der Waals surface area contributed by atoms with Crippen molar-refractivity contribution in [3.05, 3.63) is 72.5 Å². The zero-order valence-electron chi connectivity index (χ0n) is 18.4. The van der Waals surface area contributed by atoms with Gasteiger partial charge in [-0.3, -0.25) is 14.4 Å². The molecule has 0 aliphatic carbocycles. The minimum atomic E-state index is -3.76. The number of para-hydroxylation sites is 1. The molecular formula is C25H27N3O4S. The molecule has 2 N–H and O–H groups in total. The van der Waals surface area contributed by atoms with Crippen molar-refractivity contribution in [1.82, 2.24) is 10.2 Å². The molecule has 3 aliphatic heterocycles. The summed E-state index contributed by atoms with van der Waals surface area (Å²) in [6.07, 6.45) is 2.21. The lowest BCUT2D eigenvalue weighted by atomic mass is 9.79. The van der Waals surface area contributed by atoms with E-state index in [-0.39, 0.29) is 22.6 Å². The van der Waals surface area contributed by atoms with Gasteiger partial charge in [0.05, 0.1) is 10.6 Å². The largest absolute Gasteiger partial charge is 0.451 e. The van der Waals surface area contributed by atoms with E-state index in [1.807, 2.05) is 0 Å². The average Bonchev–Trinajstić information content (AvgIpc) is 3.33. The first-order chi connectivity index (χ1) is 15.9. The van der Waals surface area contributed by atoms with Gasteiger partial charge in [0, 0.05) is 17.6 Å². The molecule has 3 aromatic rings. The molecule has 3 fully saturated rings. The molecule has 8 heteroatoms. The fourth-order valence-corrected chi connectivity index (χ4v) is 6.06. The summed E-state index contributed by atoms with van der Waals surface area (Å²) in [4.78, 5) is 15.5. The van der Waals surface area contributed by atoms with Crippen LogP contribution in [0.5, 0.6) is 0 Å². The molecule has 3 aliphatic rings. The van der Waals surface area contributed by atoms with Crippen molar-refractivity contribution >= 4 is 21.6 Å². The van der Waals surface area contributed by atoms with Crippen LogP contribution in [0.15, 0.2) is 76.0 Å². The molecule has 0 saturated carbocycles. The third-order valence-corrected chi connectivity index (χ3v) is 8.18. The maximum atomic E-state index is 12.9. The molecule has 1 amide bonds. The van der Waals surface area contributed by atoms with E-state index in [4.69, 9.17) is 4.42 Å². The predicted octanol–water partition coefficient (Wildman–Crippen LogP) is 3.96. The van der Waals surface area contributed by atoms with E-state index in [1.54, 1.807) is 54.6 Å². The van der Waals surface area contributed by atoms with Crippen LogP contribution in [0.1, 0.15) is 30.3 Å². The SMILES string of the molecule is C[C@@H]1[C@H](NC(=O)c2ccc(-c3ccccc3NS(=O)(=O)c3ccccc3)o2)C2CCN1CC2. The summed E-state index contributed by atoms with van der Waals surface area (Å²) in [7, 11) is -3.76. The van der Waals surface area contributed by atoms with Gasteiger partial charge in [-0.1, -0.05) is 30.3 Å². The molecule has 1 aromatic heterocycles. The van der Waals surface area contributed by atoms with Crippen LogP contribution < -0.4 is 10.0 Å². The predicted molar refractivity (Wildman–Crippen MR) is 126 cm³/mol. The number of nitrogens with zero attached hydrogens (tertiary/aromatic N) is 1. The lowest BCUT2D eigenvalue weighted by molar-refractivity contribution is 0.0211. The van der Waals surface area contributed by atoms with Crippen molar-refractivity contribution in [1.29, 1.82) is 0 Å². The number of sulfonamides is 1. The molecule has 2 atom stereocenters. The summed E-state index contributed by atoms with van der Waals surface area (Å²) < 4.78 is 34.1. The summed E-state index contributed by atoms with van der Waals surface area (Å²) in [5, 5.41) is 3.17. The second-order valence-corrected chi connectivity index (χ2v) is 10.4. The monoisotopic (exact) mass is 465 g/mol. The standard InChI is InChI=1S/C25H27N3O4S/c1-17-24(18-13-15-28(17)16-14-18)26-25(29)23-12-11-22(32-23)20-9-5-6-10-21(20)27-33(30,31)19-7-3-2-4-8-19/h2-12,17-18,24,27H,13-16H2,1H3,(H,26,29)/t17-,24+/m1/s1. The number of carbonyl (C=O) groups excluding carboxylic acids is 1. The van der Waals surface area contributed by atoms with E-state index < -0.39 is 10.0 Å². The van der Waals surface area contributed by atoms with Crippen molar-refractivity contribution in [3.63, 3.8) is 0 Å². The van der Waals surface area contributed by atoms with Gasteiger partial charge in [0.25, 0.3) is 15.9 Å². The minimum absolute atomic E-state index is 0.110. The van der Waals surface area contributed by atoms with Gasteiger partial charge in [-0.15, -0.1) is 0 Å². The Kier molecular flexibility index (Phi) is 5.72. The highest BCUT2D eigenvalue weighted by atomic mass is 32.2. The van der Waals surface area contributed by atoms with Crippen molar-refractivity contribution in [2.24, 2.45) is 5.92 Å². The number of amides is 1.